The highest BCUT2D eigenvalue weighted by Gasteiger charge is 2.30. The minimum atomic E-state index is -4.51. The highest BCUT2D eigenvalue weighted by atomic mass is 19.4. The minimum Gasteiger partial charge on any atom is -0.497 e. The Kier molecular flexibility index (Phi) is 6.64. The number of anilines is 1. The first-order valence-corrected chi connectivity index (χ1v) is 7.67. The maximum atomic E-state index is 12.6. The SMILES string of the molecule is COc1ccc(NC(=O)COC(=O)COc2cccc(C(F)(F)F)c2)cc1. The summed E-state index contributed by atoms with van der Waals surface area (Å²) in [6, 6.07) is 10.6. The lowest BCUT2D eigenvalue weighted by Gasteiger charge is -2.10. The Balaban J connectivity index is 1.76. The number of benzene rings is 2. The molecule has 1 N–H and O–H groups in total. The van der Waals surface area contributed by atoms with Gasteiger partial charge in [-0.1, -0.05) is 6.07 Å². The van der Waals surface area contributed by atoms with Crippen molar-refractivity contribution >= 4 is 17.6 Å². The molecule has 9 heteroatoms. The predicted molar refractivity (Wildman–Crippen MR) is 89.5 cm³/mol. The van der Waals surface area contributed by atoms with E-state index < -0.39 is 36.8 Å². The molecule has 0 aliphatic carbocycles. The van der Waals surface area contributed by atoms with Crippen molar-refractivity contribution in [2.45, 2.75) is 6.18 Å². The van der Waals surface area contributed by atoms with Gasteiger partial charge in [0.2, 0.25) is 0 Å². The van der Waals surface area contributed by atoms with Crippen molar-refractivity contribution < 1.29 is 37.0 Å². The number of halogens is 3. The van der Waals surface area contributed by atoms with Crippen molar-refractivity contribution in [2.75, 3.05) is 25.6 Å². The molecule has 0 heterocycles. The summed E-state index contributed by atoms with van der Waals surface area (Å²) >= 11 is 0. The van der Waals surface area contributed by atoms with E-state index in [-0.39, 0.29) is 5.75 Å². The molecule has 0 aliphatic rings. The smallest absolute Gasteiger partial charge is 0.416 e. The highest BCUT2D eigenvalue weighted by molar-refractivity contribution is 5.92. The van der Waals surface area contributed by atoms with Crippen LogP contribution in [0, 0.1) is 0 Å². The van der Waals surface area contributed by atoms with E-state index in [1.54, 1.807) is 24.3 Å². The van der Waals surface area contributed by atoms with Gasteiger partial charge in [-0.2, -0.15) is 13.2 Å². The van der Waals surface area contributed by atoms with Gasteiger partial charge in [-0.3, -0.25) is 4.79 Å². The van der Waals surface area contributed by atoms with E-state index in [9.17, 15) is 22.8 Å². The predicted octanol–water partition coefficient (Wildman–Crippen LogP) is 3.27. The Hall–Kier alpha value is -3.23. The number of carbonyl (C=O) groups excluding carboxylic acids is 2. The van der Waals surface area contributed by atoms with Crippen LogP contribution in [-0.2, 0) is 20.5 Å². The molecule has 2 aromatic rings. The number of hydrogen-bond donors (Lipinski definition) is 1. The van der Waals surface area contributed by atoms with E-state index in [4.69, 9.17) is 14.2 Å². The molecule has 0 saturated carbocycles. The fourth-order valence-corrected chi connectivity index (χ4v) is 1.96. The Labute approximate surface area is 152 Å². The summed E-state index contributed by atoms with van der Waals surface area (Å²) in [6.07, 6.45) is -4.51. The molecule has 0 radical (unpaired) electrons. The molecule has 1 amide bonds. The number of amides is 1. The molecule has 0 aliphatic heterocycles. The zero-order valence-electron chi connectivity index (χ0n) is 14.2. The lowest BCUT2D eigenvalue weighted by atomic mass is 10.2. The zero-order chi connectivity index (χ0) is 19.9. The maximum absolute atomic E-state index is 12.6. The minimum absolute atomic E-state index is 0.135. The first-order chi connectivity index (χ1) is 12.8. The molecule has 0 spiro atoms. The van der Waals surface area contributed by atoms with Gasteiger partial charge < -0.3 is 19.5 Å². The molecule has 0 fully saturated rings. The highest BCUT2D eigenvalue weighted by Crippen LogP contribution is 2.31. The summed E-state index contributed by atoms with van der Waals surface area (Å²) in [5.41, 5.74) is -0.413. The quantitative estimate of drug-likeness (QED) is 0.743. The number of carbonyl (C=O) groups is 2. The fourth-order valence-electron chi connectivity index (χ4n) is 1.96. The number of esters is 1. The van der Waals surface area contributed by atoms with Crippen molar-refractivity contribution in [1.29, 1.82) is 0 Å². The van der Waals surface area contributed by atoms with Crippen LogP contribution >= 0.6 is 0 Å². The number of rotatable bonds is 7. The number of methoxy groups -OCH3 is 1. The van der Waals surface area contributed by atoms with Crippen LogP contribution in [0.2, 0.25) is 0 Å². The van der Waals surface area contributed by atoms with Gasteiger partial charge in [0.25, 0.3) is 5.91 Å². The van der Waals surface area contributed by atoms with Gasteiger partial charge in [-0.15, -0.1) is 0 Å². The summed E-state index contributed by atoms with van der Waals surface area (Å²) in [5.74, 6) is -0.986. The Bertz CT molecular complexity index is 790. The van der Waals surface area contributed by atoms with Crippen molar-refractivity contribution in [3.63, 3.8) is 0 Å². The first-order valence-electron chi connectivity index (χ1n) is 7.67. The first kappa shape index (κ1) is 20.1. The molecular weight excluding hydrogens is 367 g/mol. The molecule has 0 unspecified atom stereocenters. The fraction of sp³-hybridized carbons (Fsp3) is 0.222. The van der Waals surface area contributed by atoms with E-state index >= 15 is 0 Å². The molecular formula is C18H16F3NO5. The van der Waals surface area contributed by atoms with Crippen LogP contribution in [0.3, 0.4) is 0 Å². The van der Waals surface area contributed by atoms with Crippen LogP contribution < -0.4 is 14.8 Å². The number of ether oxygens (including phenoxy) is 3. The van der Waals surface area contributed by atoms with Crippen molar-refractivity contribution in [2.24, 2.45) is 0 Å². The second kappa shape index (κ2) is 8.93. The number of hydrogen-bond acceptors (Lipinski definition) is 5. The van der Waals surface area contributed by atoms with E-state index in [2.05, 4.69) is 5.32 Å². The average Bonchev–Trinajstić information content (AvgIpc) is 2.65. The van der Waals surface area contributed by atoms with Gasteiger partial charge in [0, 0.05) is 5.69 Å². The van der Waals surface area contributed by atoms with Crippen molar-refractivity contribution in [3.8, 4) is 11.5 Å². The Morgan fingerprint density at radius 1 is 1.00 bits per heavy atom. The Morgan fingerprint density at radius 3 is 2.33 bits per heavy atom. The van der Waals surface area contributed by atoms with E-state index in [0.29, 0.717) is 11.4 Å². The summed E-state index contributed by atoms with van der Waals surface area (Å²) in [6.45, 7) is -1.19. The topological polar surface area (TPSA) is 73.9 Å². The third-order valence-electron chi connectivity index (χ3n) is 3.26. The number of alkyl halides is 3. The molecule has 144 valence electrons. The van der Waals surface area contributed by atoms with Gasteiger partial charge in [0.05, 0.1) is 12.7 Å². The summed E-state index contributed by atoms with van der Waals surface area (Å²) in [4.78, 5) is 23.3. The lowest BCUT2D eigenvalue weighted by molar-refractivity contribution is -0.149. The van der Waals surface area contributed by atoms with Crippen molar-refractivity contribution in [1.82, 2.24) is 0 Å². The average molecular weight is 383 g/mol. The van der Waals surface area contributed by atoms with Crippen LogP contribution in [0.25, 0.3) is 0 Å². The monoisotopic (exact) mass is 383 g/mol. The van der Waals surface area contributed by atoms with Gasteiger partial charge in [0.1, 0.15) is 11.5 Å². The van der Waals surface area contributed by atoms with Crippen LogP contribution in [-0.4, -0.2) is 32.2 Å². The van der Waals surface area contributed by atoms with E-state index in [1.165, 1.54) is 13.2 Å². The normalized spacial score (nSPS) is 10.8. The molecule has 0 atom stereocenters. The van der Waals surface area contributed by atoms with Crippen LogP contribution in [0.1, 0.15) is 5.56 Å². The van der Waals surface area contributed by atoms with Crippen LogP contribution in [0.15, 0.2) is 48.5 Å². The third kappa shape index (κ3) is 6.53. The molecule has 0 bridgehead atoms. The van der Waals surface area contributed by atoms with Gasteiger partial charge in [-0.05, 0) is 42.5 Å². The second-order valence-electron chi connectivity index (χ2n) is 5.25. The largest absolute Gasteiger partial charge is 0.497 e. The standard InChI is InChI=1S/C18H16F3NO5/c1-25-14-7-5-13(6-8-14)22-16(23)10-27-17(24)11-26-15-4-2-3-12(9-15)18(19,20)21/h2-9H,10-11H2,1H3,(H,22,23). The van der Waals surface area contributed by atoms with Crippen LogP contribution in [0.5, 0.6) is 11.5 Å². The molecule has 0 aromatic heterocycles. The molecule has 27 heavy (non-hydrogen) atoms. The summed E-state index contributed by atoms with van der Waals surface area (Å²) in [5, 5.41) is 2.51. The van der Waals surface area contributed by atoms with E-state index in [0.717, 1.165) is 18.2 Å². The molecule has 6 nitrogen and oxygen atoms in total. The van der Waals surface area contributed by atoms with E-state index in [1.807, 2.05) is 0 Å². The van der Waals surface area contributed by atoms with Crippen LogP contribution in [0.4, 0.5) is 18.9 Å². The molecule has 0 saturated heterocycles. The molecule has 2 aromatic carbocycles. The van der Waals surface area contributed by atoms with Gasteiger partial charge in [-0.25, -0.2) is 4.79 Å². The second-order valence-corrected chi connectivity index (χ2v) is 5.25. The zero-order valence-corrected chi connectivity index (χ0v) is 14.2. The third-order valence-corrected chi connectivity index (χ3v) is 3.26. The van der Waals surface area contributed by atoms with Gasteiger partial charge >= 0.3 is 12.1 Å². The summed E-state index contributed by atoms with van der Waals surface area (Å²) in [7, 11) is 1.51. The maximum Gasteiger partial charge on any atom is 0.416 e. The van der Waals surface area contributed by atoms with Gasteiger partial charge in [0.15, 0.2) is 13.2 Å². The van der Waals surface area contributed by atoms with Crippen molar-refractivity contribution in [3.05, 3.63) is 54.1 Å². The lowest BCUT2D eigenvalue weighted by Crippen LogP contribution is -2.23. The number of nitrogens with one attached hydrogen (secondary N) is 1. The Morgan fingerprint density at radius 2 is 1.70 bits per heavy atom. The summed E-state index contributed by atoms with van der Waals surface area (Å²) < 4.78 is 52.5. The molecule has 2 rings (SSSR count).